The summed E-state index contributed by atoms with van der Waals surface area (Å²) < 4.78 is 0. The number of rotatable bonds is 7. The second-order valence-electron chi connectivity index (χ2n) is 4.06. The van der Waals surface area contributed by atoms with E-state index in [1.807, 2.05) is 14.0 Å². The van der Waals surface area contributed by atoms with Crippen LogP contribution in [0.2, 0.25) is 0 Å². The van der Waals surface area contributed by atoms with Crippen molar-refractivity contribution >= 4 is 5.84 Å². The number of aliphatic imine (C=N–C) groups is 1. The SMILES string of the molecule is CCCCN(CC)CC(C)/N=C(\C)NC. The standard InChI is InChI=1S/C12H27N3/c1-6-8-9-15(7-2)10-11(3)14-12(4)13-5/h11H,6-10H2,1-5H3,(H,13,14). The molecule has 1 atom stereocenters. The Morgan fingerprint density at radius 3 is 2.53 bits per heavy atom. The van der Waals surface area contributed by atoms with Gasteiger partial charge in [-0.25, -0.2) is 0 Å². The molecule has 0 amide bonds. The summed E-state index contributed by atoms with van der Waals surface area (Å²) in [5.41, 5.74) is 0. The fourth-order valence-electron chi connectivity index (χ4n) is 1.57. The third kappa shape index (κ3) is 7.37. The molecule has 0 heterocycles. The normalized spacial score (nSPS) is 14.4. The number of hydrogen-bond acceptors (Lipinski definition) is 2. The van der Waals surface area contributed by atoms with E-state index in [0.717, 1.165) is 18.9 Å². The van der Waals surface area contributed by atoms with Gasteiger partial charge < -0.3 is 10.2 Å². The van der Waals surface area contributed by atoms with E-state index >= 15 is 0 Å². The Bertz CT molecular complexity index is 178. The number of nitrogens with zero attached hydrogens (tertiary/aromatic N) is 2. The maximum atomic E-state index is 4.56. The molecular weight excluding hydrogens is 186 g/mol. The van der Waals surface area contributed by atoms with Gasteiger partial charge in [-0.05, 0) is 33.4 Å². The topological polar surface area (TPSA) is 27.6 Å². The summed E-state index contributed by atoms with van der Waals surface area (Å²) in [6.45, 7) is 12.0. The lowest BCUT2D eigenvalue weighted by Gasteiger charge is -2.22. The zero-order chi connectivity index (χ0) is 11.7. The molecule has 0 radical (unpaired) electrons. The summed E-state index contributed by atoms with van der Waals surface area (Å²) in [6, 6.07) is 0.384. The molecule has 1 unspecified atom stereocenters. The van der Waals surface area contributed by atoms with Gasteiger partial charge in [0.05, 0.1) is 11.9 Å². The van der Waals surface area contributed by atoms with Crippen LogP contribution in [0.25, 0.3) is 0 Å². The second kappa shape index (κ2) is 8.72. The lowest BCUT2D eigenvalue weighted by molar-refractivity contribution is 0.271. The van der Waals surface area contributed by atoms with Crippen molar-refractivity contribution in [1.29, 1.82) is 0 Å². The van der Waals surface area contributed by atoms with Crippen molar-refractivity contribution in [3.8, 4) is 0 Å². The molecule has 0 spiro atoms. The highest BCUT2D eigenvalue weighted by Gasteiger charge is 2.06. The first kappa shape index (κ1) is 14.4. The van der Waals surface area contributed by atoms with Crippen LogP contribution >= 0.6 is 0 Å². The van der Waals surface area contributed by atoms with Crippen LogP contribution in [0.3, 0.4) is 0 Å². The molecule has 1 N–H and O–H groups in total. The van der Waals surface area contributed by atoms with E-state index in [1.165, 1.54) is 19.4 Å². The van der Waals surface area contributed by atoms with E-state index in [1.54, 1.807) is 0 Å². The summed E-state index contributed by atoms with van der Waals surface area (Å²) in [5, 5.41) is 3.06. The van der Waals surface area contributed by atoms with E-state index < -0.39 is 0 Å². The predicted molar refractivity (Wildman–Crippen MR) is 68.7 cm³/mol. The molecule has 0 saturated carbocycles. The van der Waals surface area contributed by atoms with E-state index in [0.29, 0.717) is 6.04 Å². The van der Waals surface area contributed by atoms with Crippen LogP contribution in [-0.4, -0.2) is 43.5 Å². The van der Waals surface area contributed by atoms with Gasteiger partial charge in [-0.15, -0.1) is 0 Å². The number of unbranched alkanes of at least 4 members (excludes halogenated alkanes) is 1. The van der Waals surface area contributed by atoms with Crippen molar-refractivity contribution in [2.75, 3.05) is 26.7 Å². The molecule has 0 aliphatic heterocycles. The first-order valence-corrected chi connectivity index (χ1v) is 6.08. The monoisotopic (exact) mass is 213 g/mol. The molecule has 15 heavy (non-hydrogen) atoms. The van der Waals surface area contributed by atoms with Crippen LogP contribution in [0.4, 0.5) is 0 Å². The van der Waals surface area contributed by atoms with Crippen LogP contribution in [-0.2, 0) is 0 Å². The Balaban J connectivity index is 3.94. The maximum Gasteiger partial charge on any atom is 0.0932 e. The number of likely N-dealkylation sites (N-methyl/N-ethyl adjacent to an activating group) is 1. The molecular formula is C12H27N3. The van der Waals surface area contributed by atoms with Gasteiger partial charge in [0.25, 0.3) is 0 Å². The van der Waals surface area contributed by atoms with Gasteiger partial charge in [0, 0.05) is 13.6 Å². The lowest BCUT2D eigenvalue weighted by Crippen LogP contribution is -2.32. The minimum absolute atomic E-state index is 0.384. The van der Waals surface area contributed by atoms with Gasteiger partial charge in [-0.3, -0.25) is 4.99 Å². The second-order valence-corrected chi connectivity index (χ2v) is 4.06. The van der Waals surface area contributed by atoms with Gasteiger partial charge in [0.2, 0.25) is 0 Å². The molecule has 0 aromatic rings. The van der Waals surface area contributed by atoms with Crippen LogP contribution in [0, 0.1) is 0 Å². The Labute approximate surface area is 95.0 Å². The molecule has 3 nitrogen and oxygen atoms in total. The van der Waals surface area contributed by atoms with Crippen LogP contribution in [0.5, 0.6) is 0 Å². The van der Waals surface area contributed by atoms with Crippen LogP contribution in [0.15, 0.2) is 4.99 Å². The molecule has 90 valence electrons. The third-order valence-corrected chi connectivity index (χ3v) is 2.57. The maximum absolute atomic E-state index is 4.56. The average molecular weight is 213 g/mol. The Hall–Kier alpha value is -0.570. The van der Waals surface area contributed by atoms with E-state index in [4.69, 9.17) is 0 Å². The zero-order valence-electron chi connectivity index (χ0n) is 11.0. The number of hydrogen-bond donors (Lipinski definition) is 1. The third-order valence-electron chi connectivity index (χ3n) is 2.57. The van der Waals surface area contributed by atoms with Gasteiger partial charge in [-0.1, -0.05) is 20.3 Å². The van der Waals surface area contributed by atoms with Crippen molar-refractivity contribution in [1.82, 2.24) is 10.2 Å². The number of amidine groups is 1. The Kier molecular flexibility index (Phi) is 8.38. The molecule has 3 heteroatoms. The zero-order valence-corrected chi connectivity index (χ0v) is 11.0. The van der Waals surface area contributed by atoms with E-state index in [9.17, 15) is 0 Å². The van der Waals surface area contributed by atoms with Crippen molar-refractivity contribution in [2.45, 2.75) is 46.6 Å². The fraction of sp³-hybridized carbons (Fsp3) is 0.917. The molecule has 0 aromatic carbocycles. The summed E-state index contributed by atoms with van der Waals surface area (Å²) in [5.74, 6) is 1.02. The first-order valence-electron chi connectivity index (χ1n) is 6.08. The summed E-state index contributed by atoms with van der Waals surface area (Å²) in [6.07, 6.45) is 2.55. The van der Waals surface area contributed by atoms with Gasteiger partial charge in [0.1, 0.15) is 0 Å². The molecule has 0 saturated heterocycles. The highest BCUT2D eigenvalue weighted by atomic mass is 15.1. The molecule has 0 bridgehead atoms. The smallest absolute Gasteiger partial charge is 0.0932 e. The molecule has 0 rings (SSSR count). The molecule has 0 aliphatic rings. The highest BCUT2D eigenvalue weighted by molar-refractivity contribution is 5.79. The minimum atomic E-state index is 0.384. The highest BCUT2D eigenvalue weighted by Crippen LogP contribution is 1.99. The van der Waals surface area contributed by atoms with Gasteiger partial charge >= 0.3 is 0 Å². The predicted octanol–water partition coefficient (Wildman–Crippen LogP) is 2.13. The van der Waals surface area contributed by atoms with Crippen LogP contribution in [0.1, 0.15) is 40.5 Å². The van der Waals surface area contributed by atoms with Crippen molar-refractivity contribution in [3.05, 3.63) is 0 Å². The molecule has 0 aliphatic carbocycles. The first-order chi connectivity index (χ1) is 7.13. The average Bonchev–Trinajstić information content (AvgIpc) is 2.23. The van der Waals surface area contributed by atoms with Gasteiger partial charge in [-0.2, -0.15) is 0 Å². The van der Waals surface area contributed by atoms with Gasteiger partial charge in [0.15, 0.2) is 0 Å². The summed E-state index contributed by atoms with van der Waals surface area (Å²) in [4.78, 5) is 7.03. The molecule has 0 aromatic heterocycles. The van der Waals surface area contributed by atoms with Crippen molar-refractivity contribution in [2.24, 2.45) is 4.99 Å². The van der Waals surface area contributed by atoms with Crippen molar-refractivity contribution in [3.63, 3.8) is 0 Å². The number of nitrogens with one attached hydrogen (secondary N) is 1. The van der Waals surface area contributed by atoms with E-state index in [-0.39, 0.29) is 0 Å². The lowest BCUT2D eigenvalue weighted by atomic mass is 10.2. The minimum Gasteiger partial charge on any atom is -0.377 e. The van der Waals surface area contributed by atoms with Crippen molar-refractivity contribution < 1.29 is 0 Å². The molecule has 0 fully saturated rings. The quantitative estimate of drug-likeness (QED) is 0.518. The van der Waals surface area contributed by atoms with E-state index in [2.05, 4.69) is 36.0 Å². The summed E-state index contributed by atoms with van der Waals surface area (Å²) >= 11 is 0. The fourth-order valence-corrected chi connectivity index (χ4v) is 1.57. The van der Waals surface area contributed by atoms with Crippen LogP contribution < -0.4 is 5.32 Å². The Morgan fingerprint density at radius 2 is 2.07 bits per heavy atom. The largest absolute Gasteiger partial charge is 0.377 e. The Morgan fingerprint density at radius 1 is 1.40 bits per heavy atom. The summed E-state index contributed by atoms with van der Waals surface area (Å²) in [7, 11) is 1.92.